The Morgan fingerprint density at radius 1 is 1.17 bits per heavy atom. The zero-order valence-corrected chi connectivity index (χ0v) is 13.2. The maximum absolute atomic E-state index is 13.0. The van der Waals surface area contributed by atoms with Gasteiger partial charge in [-0.15, -0.1) is 0 Å². The Hall–Kier alpha value is -2.39. The minimum atomic E-state index is -4.50. The van der Waals surface area contributed by atoms with E-state index in [1.807, 2.05) is 0 Å². The molecule has 0 saturated carbocycles. The number of pyridine rings is 1. The molecule has 0 aliphatic rings. The van der Waals surface area contributed by atoms with E-state index in [0.29, 0.717) is 11.1 Å². The van der Waals surface area contributed by atoms with E-state index < -0.39 is 21.8 Å². The van der Waals surface area contributed by atoms with Crippen molar-refractivity contribution in [1.29, 1.82) is 0 Å². The van der Waals surface area contributed by atoms with Gasteiger partial charge in [-0.25, -0.2) is 18.1 Å². The summed E-state index contributed by atoms with van der Waals surface area (Å²) in [4.78, 5) is 6.49. The molecule has 1 aromatic carbocycles. The second-order valence-electron chi connectivity index (χ2n) is 5.06. The molecule has 0 saturated heterocycles. The van der Waals surface area contributed by atoms with Gasteiger partial charge >= 0.3 is 6.18 Å². The van der Waals surface area contributed by atoms with Gasteiger partial charge in [0.15, 0.2) is 0 Å². The molecule has 0 aliphatic carbocycles. The summed E-state index contributed by atoms with van der Waals surface area (Å²) in [6, 6.07) is 7.25. The van der Waals surface area contributed by atoms with Crippen LogP contribution in [0.25, 0.3) is 22.2 Å². The van der Waals surface area contributed by atoms with Crippen LogP contribution in [0.3, 0.4) is 0 Å². The molecule has 0 bridgehead atoms. The average molecular weight is 355 g/mol. The second-order valence-corrected chi connectivity index (χ2v) is 6.94. The Morgan fingerprint density at radius 2 is 1.92 bits per heavy atom. The number of aromatic nitrogens is 2. The number of fused-ring (bicyclic) bond motifs is 1. The number of alkyl halides is 3. The predicted molar refractivity (Wildman–Crippen MR) is 82.8 cm³/mol. The number of halogens is 3. The van der Waals surface area contributed by atoms with Crippen LogP contribution in [0.5, 0.6) is 0 Å². The fourth-order valence-electron chi connectivity index (χ4n) is 2.36. The van der Waals surface area contributed by atoms with Crippen molar-refractivity contribution in [2.24, 2.45) is 0 Å². The lowest BCUT2D eigenvalue weighted by Gasteiger charge is -2.07. The van der Waals surface area contributed by atoms with Crippen molar-refractivity contribution in [3.8, 4) is 11.1 Å². The number of hydrogen-bond acceptors (Lipinski definition) is 3. The van der Waals surface area contributed by atoms with E-state index in [9.17, 15) is 21.6 Å². The maximum Gasteiger partial charge on any atom is 0.418 e. The van der Waals surface area contributed by atoms with Crippen LogP contribution in [0.1, 0.15) is 5.56 Å². The third-order valence-corrected chi connectivity index (χ3v) is 4.99. The molecule has 5 nitrogen and oxygen atoms in total. The summed E-state index contributed by atoms with van der Waals surface area (Å²) < 4.78 is 65.0. The lowest BCUT2D eigenvalue weighted by Crippen LogP contribution is -2.18. The number of hydrogen-bond donors (Lipinski definition) is 2. The molecule has 3 rings (SSSR count). The average Bonchev–Trinajstić information content (AvgIpc) is 2.98. The fraction of sp³-hybridized carbons (Fsp3) is 0.133. The Kier molecular flexibility index (Phi) is 3.84. The number of rotatable bonds is 3. The first-order chi connectivity index (χ1) is 11.2. The molecule has 0 fully saturated rings. The molecule has 126 valence electrons. The molecule has 2 aromatic heterocycles. The summed E-state index contributed by atoms with van der Waals surface area (Å²) in [5, 5.41) is -0.0677. The summed E-state index contributed by atoms with van der Waals surface area (Å²) in [5.74, 6) is 0. The normalized spacial score (nSPS) is 12.7. The minimum Gasteiger partial charge on any atom is -0.346 e. The molecule has 0 spiro atoms. The molecular formula is C15H12F3N3O2S. The molecular weight excluding hydrogens is 343 g/mol. The predicted octanol–water partition coefficient (Wildman–Crippen LogP) is 3.16. The van der Waals surface area contributed by atoms with Crippen LogP contribution in [0.15, 0.2) is 47.6 Å². The molecule has 24 heavy (non-hydrogen) atoms. The van der Waals surface area contributed by atoms with Crippen LogP contribution in [0.4, 0.5) is 13.2 Å². The fourth-order valence-corrected chi connectivity index (χ4v) is 3.13. The van der Waals surface area contributed by atoms with Gasteiger partial charge in [-0.1, -0.05) is 12.1 Å². The zero-order chi connectivity index (χ0) is 17.5. The monoisotopic (exact) mass is 355 g/mol. The molecule has 0 aliphatic heterocycles. The molecule has 2 N–H and O–H groups in total. The van der Waals surface area contributed by atoms with Gasteiger partial charge in [-0.3, -0.25) is 0 Å². The van der Waals surface area contributed by atoms with Crippen LogP contribution in [0, 0.1) is 0 Å². The van der Waals surface area contributed by atoms with Crippen molar-refractivity contribution in [3.05, 3.63) is 48.3 Å². The summed E-state index contributed by atoms with van der Waals surface area (Å²) in [5.41, 5.74) is 0.145. The van der Waals surface area contributed by atoms with Crippen molar-refractivity contribution in [2.75, 3.05) is 7.05 Å². The van der Waals surface area contributed by atoms with Gasteiger partial charge in [0.1, 0.15) is 5.65 Å². The van der Waals surface area contributed by atoms with Crippen LogP contribution in [-0.4, -0.2) is 25.4 Å². The Morgan fingerprint density at radius 3 is 2.58 bits per heavy atom. The second kappa shape index (κ2) is 5.60. The van der Waals surface area contributed by atoms with Gasteiger partial charge in [0.2, 0.25) is 10.0 Å². The molecule has 0 atom stereocenters. The van der Waals surface area contributed by atoms with Gasteiger partial charge < -0.3 is 4.98 Å². The van der Waals surface area contributed by atoms with Crippen molar-refractivity contribution in [3.63, 3.8) is 0 Å². The quantitative estimate of drug-likeness (QED) is 0.758. The lowest BCUT2D eigenvalue weighted by atomic mass is 10.1. The molecule has 2 heterocycles. The third-order valence-electron chi connectivity index (χ3n) is 3.58. The number of sulfonamides is 1. The van der Waals surface area contributed by atoms with E-state index in [2.05, 4.69) is 14.7 Å². The molecule has 0 amide bonds. The highest BCUT2D eigenvalue weighted by atomic mass is 32.2. The number of H-pyrrole nitrogens is 1. The van der Waals surface area contributed by atoms with Crippen molar-refractivity contribution in [1.82, 2.24) is 14.7 Å². The van der Waals surface area contributed by atoms with E-state index in [4.69, 9.17) is 0 Å². The number of benzene rings is 1. The van der Waals surface area contributed by atoms with Crippen molar-refractivity contribution in [2.45, 2.75) is 11.1 Å². The lowest BCUT2D eigenvalue weighted by molar-refractivity contribution is -0.136. The maximum atomic E-state index is 13.0. The van der Waals surface area contributed by atoms with E-state index in [-0.39, 0.29) is 15.9 Å². The van der Waals surface area contributed by atoms with Gasteiger partial charge in [0, 0.05) is 23.3 Å². The van der Waals surface area contributed by atoms with Crippen molar-refractivity contribution < 1.29 is 21.6 Å². The highest BCUT2D eigenvalue weighted by Gasteiger charge is 2.33. The Bertz CT molecular complexity index is 1010. The van der Waals surface area contributed by atoms with E-state index in [0.717, 1.165) is 6.20 Å². The largest absolute Gasteiger partial charge is 0.418 e. The standard InChI is InChI=1S/C15H12F3N3O2S/c1-19-24(22,23)11-4-2-3-9(5-11)10-6-12-13(15(16,17)18)8-21-14(12)20-7-10/h2-8,19H,1H3,(H,20,21). The molecule has 0 unspecified atom stereocenters. The smallest absolute Gasteiger partial charge is 0.346 e. The van der Waals surface area contributed by atoms with Crippen LogP contribution < -0.4 is 4.72 Å². The van der Waals surface area contributed by atoms with Gasteiger partial charge in [-0.2, -0.15) is 13.2 Å². The highest BCUT2D eigenvalue weighted by molar-refractivity contribution is 7.89. The first-order valence-electron chi connectivity index (χ1n) is 6.81. The molecule has 0 radical (unpaired) electrons. The SMILES string of the molecule is CNS(=O)(=O)c1cccc(-c2cnc3[nH]cc(C(F)(F)F)c3c2)c1. The van der Waals surface area contributed by atoms with Crippen LogP contribution in [-0.2, 0) is 16.2 Å². The summed E-state index contributed by atoms with van der Waals surface area (Å²) in [6.07, 6.45) is -2.25. The van der Waals surface area contributed by atoms with E-state index in [1.54, 1.807) is 6.07 Å². The Balaban J connectivity index is 2.15. The van der Waals surface area contributed by atoms with Gasteiger partial charge in [0.05, 0.1) is 10.5 Å². The summed E-state index contributed by atoms with van der Waals surface area (Å²) in [7, 11) is -2.37. The van der Waals surface area contributed by atoms with E-state index >= 15 is 0 Å². The van der Waals surface area contributed by atoms with Gasteiger partial charge in [0.25, 0.3) is 0 Å². The molecule has 3 aromatic rings. The molecule has 9 heteroatoms. The minimum absolute atomic E-state index is 0.0210. The Labute approximate surface area is 135 Å². The highest BCUT2D eigenvalue weighted by Crippen LogP contribution is 2.35. The number of aromatic amines is 1. The topological polar surface area (TPSA) is 74.8 Å². The van der Waals surface area contributed by atoms with Crippen LogP contribution >= 0.6 is 0 Å². The van der Waals surface area contributed by atoms with Crippen LogP contribution in [0.2, 0.25) is 0 Å². The number of nitrogens with one attached hydrogen (secondary N) is 2. The van der Waals surface area contributed by atoms with Gasteiger partial charge in [-0.05, 0) is 30.8 Å². The first kappa shape index (κ1) is 16.5. The number of nitrogens with zero attached hydrogens (tertiary/aromatic N) is 1. The zero-order valence-electron chi connectivity index (χ0n) is 12.3. The van der Waals surface area contributed by atoms with Crippen molar-refractivity contribution >= 4 is 21.1 Å². The third kappa shape index (κ3) is 2.87. The first-order valence-corrected chi connectivity index (χ1v) is 8.29. The summed E-state index contributed by atoms with van der Waals surface area (Å²) >= 11 is 0. The summed E-state index contributed by atoms with van der Waals surface area (Å²) in [6.45, 7) is 0. The van der Waals surface area contributed by atoms with E-state index in [1.165, 1.54) is 37.5 Å².